The maximum Gasteiger partial charge on any atom is 0.338 e. The van der Waals surface area contributed by atoms with Crippen molar-refractivity contribution < 1.29 is 37.0 Å². The molecule has 1 amide bonds. The third-order valence-electron chi connectivity index (χ3n) is 6.23. The average Bonchev–Trinajstić information content (AvgIpc) is 2.96. The fraction of sp³-hybridized carbons (Fsp3) is 0.222. The van der Waals surface area contributed by atoms with Crippen LogP contribution in [0.1, 0.15) is 20.7 Å². The SMILES string of the molecule is O=C1COc2ccc(C(=O)COC(=O)c3ccc(Cl)c(S(=O)(=O)Nc4ccccc4N4CCOCC4)c3)cc2N1. The Kier molecular flexibility index (Phi) is 7.92. The van der Waals surface area contributed by atoms with E-state index in [-0.39, 0.29) is 33.6 Å². The first-order valence-corrected chi connectivity index (χ1v) is 14.1. The summed E-state index contributed by atoms with van der Waals surface area (Å²) in [6.45, 7) is 1.53. The highest BCUT2D eigenvalue weighted by atomic mass is 35.5. The molecule has 40 heavy (non-hydrogen) atoms. The van der Waals surface area contributed by atoms with Crippen molar-refractivity contribution in [2.45, 2.75) is 4.90 Å². The molecule has 0 aliphatic carbocycles. The first kappa shape index (κ1) is 27.4. The van der Waals surface area contributed by atoms with Gasteiger partial charge < -0.3 is 24.4 Å². The molecule has 0 unspecified atom stereocenters. The van der Waals surface area contributed by atoms with Crippen LogP contribution in [0.3, 0.4) is 0 Å². The lowest BCUT2D eigenvalue weighted by molar-refractivity contribution is -0.118. The molecule has 5 rings (SSSR count). The van der Waals surface area contributed by atoms with Crippen molar-refractivity contribution in [1.82, 2.24) is 0 Å². The van der Waals surface area contributed by atoms with Gasteiger partial charge in [0.15, 0.2) is 19.0 Å². The van der Waals surface area contributed by atoms with Crippen LogP contribution in [0.5, 0.6) is 5.75 Å². The van der Waals surface area contributed by atoms with Crippen LogP contribution in [-0.2, 0) is 24.3 Å². The zero-order chi connectivity index (χ0) is 28.3. The Hall–Kier alpha value is -4.13. The lowest BCUT2D eigenvalue weighted by atomic mass is 10.1. The van der Waals surface area contributed by atoms with Crippen molar-refractivity contribution in [3.05, 3.63) is 76.8 Å². The van der Waals surface area contributed by atoms with Crippen LogP contribution in [0.25, 0.3) is 0 Å². The minimum absolute atomic E-state index is 0.0951. The van der Waals surface area contributed by atoms with Gasteiger partial charge in [0, 0.05) is 18.7 Å². The number of Topliss-reactive ketones (excluding diaryl/α,β-unsaturated/α-hetero) is 1. The second kappa shape index (κ2) is 11.5. The summed E-state index contributed by atoms with van der Waals surface area (Å²) in [7, 11) is -4.21. The van der Waals surface area contributed by atoms with Gasteiger partial charge in [-0.2, -0.15) is 0 Å². The van der Waals surface area contributed by atoms with Crippen molar-refractivity contribution in [2.24, 2.45) is 0 Å². The Labute approximate surface area is 235 Å². The van der Waals surface area contributed by atoms with Gasteiger partial charge in [0.1, 0.15) is 10.6 Å². The normalized spacial score (nSPS) is 14.9. The number of carbonyl (C=O) groups excluding carboxylic acids is 3. The monoisotopic (exact) mass is 585 g/mol. The smallest absolute Gasteiger partial charge is 0.338 e. The van der Waals surface area contributed by atoms with Gasteiger partial charge in [-0.15, -0.1) is 0 Å². The van der Waals surface area contributed by atoms with Gasteiger partial charge in [0.05, 0.1) is 40.9 Å². The summed E-state index contributed by atoms with van der Waals surface area (Å²) in [5.74, 6) is -1.37. The third kappa shape index (κ3) is 6.03. The van der Waals surface area contributed by atoms with Gasteiger partial charge in [-0.1, -0.05) is 23.7 Å². The summed E-state index contributed by atoms with van der Waals surface area (Å²) >= 11 is 6.22. The van der Waals surface area contributed by atoms with Crippen molar-refractivity contribution in [3.8, 4) is 5.75 Å². The average molecular weight is 586 g/mol. The molecule has 2 N–H and O–H groups in total. The molecule has 208 valence electrons. The molecule has 0 spiro atoms. The number of halogens is 1. The van der Waals surface area contributed by atoms with Gasteiger partial charge in [0.25, 0.3) is 15.9 Å². The molecule has 13 heteroatoms. The highest BCUT2D eigenvalue weighted by molar-refractivity contribution is 7.92. The number of carbonyl (C=O) groups is 3. The van der Waals surface area contributed by atoms with Crippen LogP contribution in [0.15, 0.2) is 65.6 Å². The number of fused-ring (bicyclic) bond motifs is 1. The molecule has 0 aromatic heterocycles. The number of esters is 1. The van der Waals surface area contributed by atoms with E-state index in [1.807, 2.05) is 11.0 Å². The number of ether oxygens (including phenoxy) is 3. The molecule has 1 fully saturated rings. The highest BCUT2D eigenvalue weighted by Crippen LogP contribution is 2.31. The summed E-state index contributed by atoms with van der Waals surface area (Å²) in [6.07, 6.45) is 0. The van der Waals surface area contributed by atoms with Crippen molar-refractivity contribution >= 4 is 56.3 Å². The van der Waals surface area contributed by atoms with E-state index in [4.69, 9.17) is 25.8 Å². The van der Waals surface area contributed by atoms with Crippen LogP contribution in [0.4, 0.5) is 17.1 Å². The van der Waals surface area contributed by atoms with E-state index in [2.05, 4.69) is 10.0 Å². The summed E-state index contributed by atoms with van der Waals surface area (Å²) in [4.78, 5) is 38.6. The van der Waals surface area contributed by atoms with E-state index >= 15 is 0 Å². The van der Waals surface area contributed by atoms with E-state index in [1.165, 1.54) is 30.3 Å². The number of nitrogens with one attached hydrogen (secondary N) is 2. The summed E-state index contributed by atoms with van der Waals surface area (Å²) < 4.78 is 45.0. The zero-order valence-electron chi connectivity index (χ0n) is 21.0. The summed E-state index contributed by atoms with van der Waals surface area (Å²) in [5.41, 5.74) is 1.47. The van der Waals surface area contributed by atoms with Crippen molar-refractivity contribution in [3.63, 3.8) is 0 Å². The first-order chi connectivity index (χ1) is 19.2. The number of ketones is 1. The molecule has 11 nitrogen and oxygen atoms in total. The second-order valence-corrected chi connectivity index (χ2v) is 11.0. The Morgan fingerprint density at radius 1 is 1.02 bits per heavy atom. The van der Waals surface area contributed by atoms with Gasteiger partial charge in [-0.05, 0) is 48.5 Å². The van der Waals surface area contributed by atoms with Crippen LogP contribution in [0, 0.1) is 0 Å². The van der Waals surface area contributed by atoms with E-state index in [0.717, 1.165) is 6.07 Å². The Bertz CT molecular complexity index is 1590. The molecule has 2 aliphatic rings. The second-order valence-electron chi connectivity index (χ2n) is 8.91. The summed E-state index contributed by atoms with van der Waals surface area (Å²) in [5, 5.41) is 2.51. The van der Waals surface area contributed by atoms with Crippen molar-refractivity contribution in [1.29, 1.82) is 0 Å². The van der Waals surface area contributed by atoms with Gasteiger partial charge in [-0.3, -0.25) is 14.3 Å². The molecule has 2 aliphatic heterocycles. The van der Waals surface area contributed by atoms with Crippen LogP contribution in [0.2, 0.25) is 5.02 Å². The van der Waals surface area contributed by atoms with E-state index in [0.29, 0.717) is 49.1 Å². The maximum absolute atomic E-state index is 13.3. The fourth-order valence-electron chi connectivity index (χ4n) is 4.23. The largest absolute Gasteiger partial charge is 0.482 e. The predicted molar refractivity (Wildman–Crippen MR) is 147 cm³/mol. The molecule has 0 radical (unpaired) electrons. The molecule has 0 saturated carbocycles. The number of para-hydroxylation sites is 2. The number of rotatable bonds is 8. The van der Waals surface area contributed by atoms with Crippen LogP contribution in [-0.4, -0.2) is 65.6 Å². The maximum atomic E-state index is 13.3. The number of sulfonamides is 1. The molecule has 0 atom stereocenters. The number of benzene rings is 3. The number of hydrogen-bond acceptors (Lipinski definition) is 9. The molecule has 3 aromatic rings. The Morgan fingerprint density at radius 2 is 1.77 bits per heavy atom. The Morgan fingerprint density at radius 3 is 2.58 bits per heavy atom. The van der Waals surface area contributed by atoms with E-state index < -0.39 is 28.4 Å². The van der Waals surface area contributed by atoms with Gasteiger partial charge >= 0.3 is 5.97 Å². The molecule has 2 heterocycles. The van der Waals surface area contributed by atoms with Crippen LogP contribution < -0.4 is 19.7 Å². The lowest BCUT2D eigenvalue weighted by Crippen LogP contribution is -2.36. The summed E-state index contributed by atoms with van der Waals surface area (Å²) in [6, 6.07) is 15.1. The number of hydrogen-bond donors (Lipinski definition) is 2. The molecule has 0 bridgehead atoms. The molecular weight excluding hydrogens is 562 g/mol. The third-order valence-corrected chi connectivity index (χ3v) is 8.07. The van der Waals surface area contributed by atoms with Gasteiger partial charge in [-0.25, -0.2) is 13.2 Å². The molecule has 1 saturated heterocycles. The Balaban J connectivity index is 1.29. The predicted octanol–water partition coefficient (Wildman–Crippen LogP) is 3.35. The minimum Gasteiger partial charge on any atom is -0.482 e. The van der Waals surface area contributed by atoms with Gasteiger partial charge in [0.2, 0.25) is 0 Å². The molecule has 3 aromatic carbocycles. The lowest BCUT2D eigenvalue weighted by Gasteiger charge is -2.30. The van der Waals surface area contributed by atoms with E-state index in [1.54, 1.807) is 18.2 Å². The highest BCUT2D eigenvalue weighted by Gasteiger charge is 2.24. The van der Waals surface area contributed by atoms with E-state index in [9.17, 15) is 22.8 Å². The zero-order valence-corrected chi connectivity index (χ0v) is 22.6. The fourth-order valence-corrected chi connectivity index (χ4v) is 5.83. The number of anilines is 3. The standard InChI is InChI=1S/C27H24ClN3O8S/c28-19-7-5-18(27(34)39-15-23(32)17-6-8-24-21(13-17)29-26(33)16-38-24)14-25(19)40(35,36)30-20-3-1-2-4-22(20)31-9-11-37-12-10-31/h1-8,13-14,30H,9-12,15-16H2,(H,29,33). The minimum atomic E-state index is -4.21. The topological polar surface area (TPSA) is 140 Å². The molecular formula is C27H24ClN3O8S. The number of amides is 1. The number of morpholine rings is 1. The van der Waals surface area contributed by atoms with Crippen LogP contribution >= 0.6 is 11.6 Å². The van der Waals surface area contributed by atoms with Crippen molar-refractivity contribution in [2.75, 3.05) is 54.5 Å². The quantitative estimate of drug-likeness (QED) is 0.301. The number of nitrogens with zero attached hydrogens (tertiary/aromatic N) is 1. The first-order valence-electron chi connectivity index (χ1n) is 12.2.